The van der Waals surface area contributed by atoms with Crippen molar-refractivity contribution in [3.05, 3.63) is 43.5 Å². The number of hydrogen-bond donors (Lipinski definition) is 1. The van der Waals surface area contributed by atoms with Crippen molar-refractivity contribution in [2.45, 2.75) is 58.8 Å². The lowest BCUT2D eigenvalue weighted by Gasteiger charge is -2.35. The van der Waals surface area contributed by atoms with E-state index in [9.17, 15) is 19.2 Å². The lowest BCUT2D eigenvalue weighted by molar-refractivity contribution is -0.191. The third kappa shape index (κ3) is 4.49. The van der Waals surface area contributed by atoms with Crippen molar-refractivity contribution in [1.29, 1.82) is 0 Å². The summed E-state index contributed by atoms with van der Waals surface area (Å²) in [5.41, 5.74) is 5.68. The van der Waals surface area contributed by atoms with Crippen molar-refractivity contribution in [2.75, 3.05) is 0 Å². The van der Waals surface area contributed by atoms with Crippen molar-refractivity contribution in [2.24, 2.45) is 17.0 Å². The highest BCUT2D eigenvalue weighted by Gasteiger charge is 2.60. The molecule has 2 rings (SSSR count). The lowest BCUT2D eigenvalue weighted by atomic mass is 9.97. The van der Waals surface area contributed by atoms with E-state index in [2.05, 4.69) is 15.0 Å². The fourth-order valence-electron chi connectivity index (χ4n) is 2.73. The first kappa shape index (κ1) is 22.2. The van der Waals surface area contributed by atoms with Crippen LogP contribution in [0.1, 0.15) is 40.8 Å². The monoisotopic (exact) mass is 409 g/mol. The Morgan fingerprint density at radius 3 is 2.41 bits per heavy atom. The third-order valence-corrected chi connectivity index (χ3v) is 4.36. The summed E-state index contributed by atoms with van der Waals surface area (Å²) >= 11 is 0. The molecule has 0 saturated carbocycles. The smallest absolute Gasteiger partial charge is 0.330 e. The predicted octanol–water partition coefficient (Wildman–Crippen LogP) is 1.23. The van der Waals surface area contributed by atoms with Crippen LogP contribution < -0.4 is 11.2 Å². The van der Waals surface area contributed by atoms with Gasteiger partial charge in [-0.1, -0.05) is 32.8 Å². The summed E-state index contributed by atoms with van der Waals surface area (Å²) < 4.78 is 17.7. The molecule has 4 atom stereocenters. The first-order valence-electron chi connectivity index (χ1n) is 8.95. The molecule has 29 heavy (non-hydrogen) atoms. The Hall–Kier alpha value is -3.11. The number of carbonyl (C=O) groups excluding carboxylic acids is 2. The average Bonchev–Trinajstić information content (AvgIpc) is 2.87. The molecule has 0 aliphatic carbocycles. The highest BCUT2D eigenvalue weighted by atomic mass is 16.7. The first-order chi connectivity index (χ1) is 13.5. The number of hydrogen-bond acceptors (Lipinski definition) is 8. The highest BCUT2D eigenvalue weighted by Crippen LogP contribution is 2.43. The van der Waals surface area contributed by atoms with Crippen LogP contribution in [-0.4, -0.2) is 39.4 Å². The van der Waals surface area contributed by atoms with E-state index in [1.54, 1.807) is 27.7 Å². The molecule has 0 amide bonds. The minimum atomic E-state index is -1.73. The van der Waals surface area contributed by atoms with E-state index in [0.717, 1.165) is 16.8 Å². The third-order valence-electron chi connectivity index (χ3n) is 4.36. The number of ether oxygens (including phenoxy) is 3. The Bertz CT molecular complexity index is 946. The van der Waals surface area contributed by atoms with E-state index in [0.29, 0.717) is 0 Å². The van der Waals surface area contributed by atoms with Gasteiger partial charge in [-0.25, -0.2) is 4.79 Å². The molecule has 1 N–H and O–H groups in total. The molecule has 0 bridgehead atoms. The van der Waals surface area contributed by atoms with Gasteiger partial charge in [-0.3, -0.25) is 23.9 Å². The van der Waals surface area contributed by atoms with Gasteiger partial charge in [-0.2, -0.15) is 0 Å². The molecule has 1 aliphatic rings. The number of nitrogens with zero attached hydrogens (tertiary/aromatic N) is 4. The molecule has 0 spiro atoms. The summed E-state index contributed by atoms with van der Waals surface area (Å²) in [5, 5.41) is 3.49. The topological polar surface area (TPSA) is 165 Å². The second-order valence-electron chi connectivity index (χ2n) is 7.37. The summed E-state index contributed by atoms with van der Waals surface area (Å²) in [6.07, 6.45) is -2.90. The second kappa shape index (κ2) is 8.50. The molecular weight excluding hydrogens is 386 g/mol. The molecule has 0 radical (unpaired) electrons. The number of rotatable bonds is 6. The number of aromatic amines is 1. The van der Waals surface area contributed by atoms with E-state index < -0.39 is 59.2 Å². The molecule has 12 heteroatoms. The van der Waals surface area contributed by atoms with Crippen molar-refractivity contribution < 1.29 is 23.8 Å². The largest absolute Gasteiger partial charge is 0.455 e. The van der Waals surface area contributed by atoms with Crippen molar-refractivity contribution in [1.82, 2.24) is 9.55 Å². The fourth-order valence-corrected chi connectivity index (χ4v) is 2.73. The first-order valence-corrected chi connectivity index (χ1v) is 8.95. The second-order valence-corrected chi connectivity index (χ2v) is 7.37. The van der Waals surface area contributed by atoms with Gasteiger partial charge >= 0.3 is 17.6 Å². The Morgan fingerprint density at radius 2 is 1.90 bits per heavy atom. The number of esters is 2. The fraction of sp³-hybridized carbons (Fsp3) is 0.647. The van der Waals surface area contributed by atoms with Gasteiger partial charge in [0.05, 0.1) is 11.8 Å². The average molecular weight is 409 g/mol. The summed E-state index contributed by atoms with van der Waals surface area (Å²) in [5.74, 6) is -2.36. The zero-order chi connectivity index (χ0) is 21.9. The van der Waals surface area contributed by atoms with Crippen LogP contribution in [0, 0.1) is 11.8 Å². The van der Waals surface area contributed by atoms with Crippen LogP contribution in [0.5, 0.6) is 0 Å². The predicted molar refractivity (Wildman–Crippen MR) is 98.4 cm³/mol. The van der Waals surface area contributed by atoms with Gasteiger partial charge in [-0.15, -0.1) is 0 Å². The van der Waals surface area contributed by atoms with E-state index in [1.807, 2.05) is 0 Å². The number of azide groups is 1. The van der Waals surface area contributed by atoms with Crippen LogP contribution in [0.15, 0.2) is 27.0 Å². The molecule has 1 aliphatic heterocycles. The zero-order valence-electron chi connectivity index (χ0n) is 16.7. The molecule has 1 aromatic heterocycles. The maximum Gasteiger partial charge on any atom is 0.330 e. The van der Waals surface area contributed by atoms with Crippen molar-refractivity contribution in [3.63, 3.8) is 0 Å². The van der Waals surface area contributed by atoms with Crippen LogP contribution in [0.2, 0.25) is 0 Å². The summed E-state index contributed by atoms with van der Waals surface area (Å²) in [7, 11) is 0. The standard InChI is InChI=1S/C17H23N5O7/c1-8(2)13(24)27-11-12(20-21-18)28-15(17(11,5)29-14(25)9(3)4)22-7-6-10(23)19-16(22)26/h6-9,11-12,15H,1-5H3,(H,19,23,26)/t11-,12+,15+,17+/m0/s1. The maximum absolute atomic E-state index is 12.4. The quantitative estimate of drug-likeness (QED) is 0.319. The van der Waals surface area contributed by atoms with Gasteiger partial charge in [0, 0.05) is 17.2 Å². The van der Waals surface area contributed by atoms with Gasteiger partial charge in [0.1, 0.15) is 0 Å². The lowest BCUT2D eigenvalue weighted by Crippen LogP contribution is -2.52. The van der Waals surface area contributed by atoms with E-state index >= 15 is 0 Å². The molecule has 2 heterocycles. The highest BCUT2D eigenvalue weighted by molar-refractivity contribution is 5.73. The zero-order valence-corrected chi connectivity index (χ0v) is 16.7. The summed E-state index contributed by atoms with van der Waals surface area (Å²) in [4.78, 5) is 53.1. The van der Waals surface area contributed by atoms with Gasteiger partial charge in [0.25, 0.3) is 5.56 Å². The number of aromatic nitrogens is 2. The van der Waals surface area contributed by atoms with Crippen molar-refractivity contribution in [3.8, 4) is 0 Å². The molecule has 1 saturated heterocycles. The van der Waals surface area contributed by atoms with Crippen LogP contribution in [0.25, 0.3) is 10.4 Å². The number of H-pyrrole nitrogens is 1. The maximum atomic E-state index is 12.4. The van der Waals surface area contributed by atoms with Crippen LogP contribution in [0.3, 0.4) is 0 Å². The Morgan fingerprint density at radius 1 is 1.28 bits per heavy atom. The van der Waals surface area contributed by atoms with Crippen molar-refractivity contribution >= 4 is 11.9 Å². The van der Waals surface area contributed by atoms with Gasteiger partial charge < -0.3 is 14.2 Å². The molecular formula is C17H23N5O7. The van der Waals surface area contributed by atoms with Gasteiger partial charge in [0.15, 0.2) is 24.2 Å². The summed E-state index contributed by atoms with van der Waals surface area (Å²) in [6.45, 7) is 7.80. The molecule has 12 nitrogen and oxygen atoms in total. The van der Waals surface area contributed by atoms with E-state index in [1.165, 1.54) is 6.92 Å². The van der Waals surface area contributed by atoms with Crippen LogP contribution in [0.4, 0.5) is 0 Å². The molecule has 0 aromatic carbocycles. The van der Waals surface area contributed by atoms with Crippen LogP contribution >= 0.6 is 0 Å². The van der Waals surface area contributed by atoms with Crippen LogP contribution in [-0.2, 0) is 23.8 Å². The van der Waals surface area contributed by atoms with E-state index in [4.69, 9.17) is 19.7 Å². The van der Waals surface area contributed by atoms with Gasteiger partial charge in [0.2, 0.25) is 0 Å². The minimum absolute atomic E-state index is 0.526. The number of nitrogens with one attached hydrogen (secondary N) is 1. The Labute approximate surface area is 165 Å². The molecule has 0 unspecified atom stereocenters. The Kier molecular flexibility index (Phi) is 6.50. The molecule has 158 valence electrons. The molecule has 1 fully saturated rings. The molecule has 1 aromatic rings. The SMILES string of the molecule is CC(C)C(=O)O[C@H]1[C@H](N=[N+]=[N-])O[C@@H](n2ccc(=O)[nH]c2=O)[C@]1(C)OC(=O)C(C)C. The summed E-state index contributed by atoms with van der Waals surface area (Å²) in [6, 6.07) is 1.07. The minimum Gasteiger partial charge on any atom is -0.455 e. The van der Waals surface area contributed by atoms with Gasteiger partial charge in [-0.05, 0) is 12.5 Å². The van der Waals surface area contributed by atoms with E-state index in [-0.39, 0.29) is 0 Å². The number of carbonyl (C=O) groups is 2. The Balaban J connectivity index is 2.62. The normalized spacial score (nSPS) is 26.2.